The summed E-state index contributed by atoms with van der Waals surface area (Å²) in [7, 11) is -4.13. The van der Waals surface area contributed by atoms with Crippen molar-refractivity contribution in [2.75, 3.05) is 0 Å². The Morgan fingerprint density at radius 2 is 1.86 bits per heavy atom. The molecule has 2 aromatic carbocycles. The molecule has 0 saturated carbocycles. The lowest BCUT2D eigenvalue weighted by Crippen LogP contribution is -1.97. The molecule has 0 fully saturated rings. The molecule has 1 heterocycles. The second kappa shape index (κ2) is 4.93. The Hall–Kier alpha value is -2.83. The Bertz CT molecular complexity index is 957. The van der Waals surface area contributed by atoms with Crippen LogP contribution in [-0.2, 0) is 10.0 Å². The number of rotatable bonds is 3. The average molecular weight is 299 g/mol. The molecule has 3 aromatic rings. The van der Waals surface area contributed by atoms with E-state index in [1.54, 1.807) is 12.1 Å². The van der Waals surface area contributed by atoms with Gasteiger partial charge in [-0.1, -0.05) is 42.5 Å². The van der Waals surface area contributed by atoms with Gasteiger partial charge in [0.2, 0.25) is 5.16 Å². The van der Waals surface area contributed by atoms with Crippen molar-refractivity contribution in [3.63, 3.8) is 0 Å². The highest BCUT2D eigenvalue weighted by molar-refractivity contribution is 7.89. The molecule has 3 rings (SSSR count). The van der Waals surface area contributed by atoms with E-state index in [-0.39, 0.29) is 5.16 Å². The van der Waals surface area contributed by atoms with Crippen LogP contribution in [-0.4, -0.2) is 18.4 Å². The van der Waals surface area contributed by atoms with Gasteiger partial charge in [-0.05, 0) is 17.2 Å². The fraction of sp³-hybridized carbons (Fsp3) is 0. The lowest BCUT2D eigenvalue weighted by atomic mass is 10.0. The van der Waals surface area contributed by atoms with Crippen LogP contribution in [0.3, 0.4) is 0 Å². The monoisotopic (exact) mass is 299 g/mol. The number of para-hydroxylation sites is 1. The van der Waals surface area contributed by atoms with Gasteiger partial charge in [0.1, 0.15) is 0 Å². The van der Waals surface area contributed by atoms with Gasteiger partial charge >= 0.3 is 0 Å². The minimum Gasteiger partial charge on any atom is -0.328 e. The summed E-state index contributed by atoms with van der Waals surface area (Å²) in [6, 6.07) is 14.8. The number of hydrogen-bond donors (Lipinski definition) is 1. The highest BCUT2D eigenvalue weighted by atomic mass is 32.2. The fourth-order valence-electron chi connectivity index (χ4n) is 2.07. The van der Waals surface area contributed by atoms with Gasteiger partial charge < -0.3 is 4.98 Å². The van der Waals surface area contributed by atoms with Gasteiger partial charge in [0.25, 0.3) is 10.0 Å². The molecule has 0 unspecified atom stereocenters. The van der Waals surface area contributed by atoms with E-state index in [0.717, 1.165) is 11.1 Å². The van der Waals surface area contributed by atoms with Crippen LogP contribution in [0.2, 0.25) is 0 Å². The summed E-state index contributed by atoms with van der Waals surface area (Å²) < 4.78 is 26.3. The topological polar surface area (TPSA) is 112 Å². The molecule has 0 atom stereocenters. The molecule has 7 nitrogen and oxygen atoms in total. The summed E-state index contributed by atoms with van der Waals surface area (Å²) in [5.41, 5.74) is 11.1. The zero-order chi connectivity index (χ0) is 14.9. The van der Waals surface area contributed by atoms with Crippen LogP contribution in [0, 0.1) is 0 Å². The van der Waals surface area contributed by atoms with Crippen molar-refractivity contribution in [1.29, 1.82) is 0 Å². The molecule has 104 valence electrons. The summed E-state index contributed by atoms with van der Waals surface area (Å²) in [6.45, 7) is 0. The van der Waals surface area contributed by atoms with E-state index in [0.29, 0.717) is 11.0 Å². The highest BCUT2D eigenvalue weighted by Gasteiger charge is 2.18. The number of hydrogen-bond acceptors (Lipinski definition) is 3. The number of azide groups is 1. The summed E-state index contributed by atoms with van der Waals surface area (Å²) >= 11 is 0. The summed E-state index contributed by atoms with van der Waals surface area (Å²) in [5, 5.41) is -0.362. The van der Waals surface area contributed by atoms with Crippen LogP contribution in [0.1, 0.15) is 0 Å². The normalized spacial score (nSPS) is 11.2. The maximum Gasteiger partial charge on any atom is 0.297 e. The van der Waals surface area contributed by atoms with Gasteiger partial charge in [-0.3, -0.25) is 0 Å². The third-order valence-corrected chi connectivity index (χ3v) is 3.93. The predicted molar refractivity (Wildman–Crippen MR) is 77.9 cm³/mol. The first-order valence-corrected chi connectivity index (χ1v) is 7.41. The number of sulfonamides is 1. The zero-order valence-electron chi connectivity index (χ0n) is 10.6. The maximum absolute atomic E-state index is 11.7. The molecule has 0 bridgehead atoms. The predicted octanol–water partition coefficient (Wildman–Crippen LogP) is 3.23. The first-order chi connectivity index (χ1) is 10.1. The summed E-state index contributed by atoms with van der Waals surface area (Å²) in [5.74, 6) is 0. The van der Waals surface area contributed by atoms with E-state index in [1.807, 2.05) is 36.4 Å². The molecule has 1 aromatic heterocycles. The van der Waals surface area contributed by atoms with Crippen LogP contribution >= 0.6 is 0 Å². The van der Waals surface area contributed by atoms with Crippen LogP contribution in [0.4, 0.5) is 0 Å². The molecule has 0 aliphatic carbocycles. The van der Waals surface area contributed by atoms with Gasteiger partial charge in [0.15, 0.2) is 0 Å². The van der Waals surface area contributed by atoms with Gasteiger partial charge in [0, 0.05) is 15.0 Å². The van der Waals surface area contributed by atoms with Crippen LogP contribution in [0.5, 0.6) is 0 Å². The number of aromatic amines is 1. The second-order valence-corrected chi connectivity index (χ2v) is 5.76. The molecule has 0 radical (unpaired) electrons. The largest absolute Gasteiger partial charge is 0.328 e. The van der Waals surface area contributed by atoms with Crippen molar-refractivity contribution in [2.24, 2.45) is 4.52 Å². The maximum atomic E-state index is 11.7. The van der Waals surface area contributed by atoms with Crippen molar-refractivity contribution in [3.05, 3.63) is 59.0 Å². The Balaban J connectivity index is 2.26. The van der Waals surface area contributed by atoms with Crippen molar-refractivity contribution in [1.82, 2.24) is 9.97 Å². The van der Waals surface area contributed by atoms with Crippen molar-refractivity contribution in [2.45, 2.75) is 5.16 Å². The lowest BCUT2D eigenvalue weighted by Gasteiger charge is -2.01. The molecule has 0 spiro atoms. The van der Waals surface area contributed by atoms with E-state index in [4.69, 9.17) is 5.53 Å². The Morgan fingerprint density at radius 1 is 1.10 bits per heavy atom. The van der Waals surface area contributed by atoms with Crippen LogP contribution < -0.4 is 0 Å². The van der Waals surface area contributed by atoms with E-state index in [1.165, 1.54) is 0 Å². The standard InChI is InChI=1S/C13H9N5O2S/c14-17-18-21(19,20)13-15-11-8-4-7-10(12(11)16-13)9-5-2-1-3-6-9/h1-8H,(H,15,16). The summed E-state index contributed by atoms with van der Waals surface area (Å²) in [4.78, 5) is 9.05. The third-order valence-electron chi connectivity index (χ3n) is 2.96. The molecule has 0 amide bonds. The molecule has 8 heteroatoms. The Kier molecular flexibility index (Phi) is 3.09. The van der Waals surface area contributed by atoms with Crippen LogP contribution in [0.25, 0.3) is 32.6 Å². The number of nitrogens with zero attached hydrogens (tertiary/aromatic N) is 4. The van der Waals surface area contributed by atoms with Crippen molar-refractivity contribution >= 4 is 21.1 Å². The van der Waals surface area contributed by atoms with Gasteiger partial charge in [0.05, 0.1) is 11.0 Å². The van der Waals surface area contributed by atoms with Crippen molar-refractivity contribution in [3.8, 4) is 11.1 Å². The Labute approximate surface area is 119 Å². The second-order valence-electron chi connectivity index (χ2n) is 4.26. The SMILES string of the molecule is [N-]=[N+]=NS(=O)(=O)c1nc2c(-c3ccccc3)cccc2[nH]1. The first kappa shape index (κ1) is 13.2. The number of H-pyrrole nitrogens is 1. The van der Waals surface area contributed by atoms with Gasteiger partial charge in [-0.25, -0.2) is 13.4 Å². The molecule has 0 aliphatic rings. The Morgan fingerprint density at radius 3 is 2.57 bits per heavy atom. The van der Waals surface area contributed by atoms with E-state index >= 15 is 0 Å². The molecule has 1 N–H and O–H groups in total. The quantitative estimate of drug-likeness (QED) is 0.455. The van der Waals surface area contributed by atoms with E-state index in [2.05, 4.69) is 19.4 Å². The first-order valence-electron chi connectivity index (χ1n) is 5.97. The fourth-order valence-corrected chi connectivity index (χ4v) is 2.69. The van der Waals surface area contributed by atoms with E-state index in [9.17, 15) is 8.42 Å². The number of fused-ring (bicyclic) bond motifs is 1. The molecular weight excluding hydrogens is 290 g/mol. The average Bonchev–Trinajstić information content (AvgIpc) is 2.93. The minimum absolute atomic E-state index is 0.362. The molecule has 21 heavy (non-hydrogen) atoms. The summed E-state index contributed by atoms with van der Waals surface area (Å²) in [6.07, 6.45) is 0. The lowest BCUT2D eigenvalue weighted by molar-refractivity contribution is 0.590. The van der Waals surface area contributed by atoms with Gasteiger partial charge in [-0.2, -0.15) is 0 Å². The van der Waals surface area contributed by atoms with E-state index < -0.39 is 10.0 Å². The molecule has 0 aliphatic heterocycles. The number of imidazole rings is 1. The van der Waals surface area contributed by atoms with Crippen molar-refractivity contribution < 1.29 is 8.42 Å². The number of benzene rings is 2. The van der Waals surface area contributed by atoms with Gasteiger partial charge in [-0.15, -0.1) is 0 Å². The zero-order valence-corrected chi connectivity index (χ0v) is 11.4. The third kappa shape index (κ3) is 2.33. The number of nitrogens with one attached hydrogen (secondary N) is 1. The van der Waals surface area contributed by atoms with Crippen LogP contribution in [0.15, 0.2) is 58.2 Å². The number of aromatic nitrogens is 2. The molecule has 0 saturated heterocycles. The smallest absolute Gasteiger partial charge is 0.297 e. The minimum atomic E-state index is -4.13. The molecular formula is C13H9N5O2S. The highest BCUT2D eigenvalue weighted by Crippen LogP contribution is 2.28.